The van der Waals surface area contributed by atoms with Crippen LogP contribution in [0.5, 0.6) is 35.0 Å². The average Bonchev–Trinajstić information content (AvgIpc) is 4.16. The monoisotopic (exact) mass is 1160 g/mol. The molecule has 22 nitrogen and oxygen atoms in total. The molecule has 4 N–H and O–H groups in total. The third kappa shape index (κ3) is 17.4. The summed E-state index contributed by atoms with van der Waals surface area (Å²) in [6.07, 6.45) is -2.10. The number of fused-ring (bicyclic) bond motifs is 2. The highest BCUT2D eigenvalue weighted by atomic mass is 35.5. The number of anilines is 2. The molecule has 8 heterocycles. The summed E-state index contributed by atoms with van der Waals surface area (Å²) in [6.45, 7) is 7.24. The number of nitrogens with zero attached hydrogens (tertiary/aromatic N) is 8. The number of nitrogens with two attached hydrogens (primary N) is 1. The fourth-order valence-corrected chi connectivity index (χ4v) is 6.59. The molecule has 1 amide bonds. The van der Waals surface area contributed by atoms with Gasteiger partial charge >= 0.3 is 30.6 Å². The van der Waals surface area contributed by atoms with Gasteiger partial charge in [-0.05, 0) is 68.9 Å². The molecule has 0 bridgehead atoms. The number of hydrogen-bond donors (Lipinski definition) is 3. The summed E-state index contributed by atoms with van der Waals surface area (Å²) in [5.41, 5.74) is 8.87. The normalized spacial score (nSPS) is 14.0. The second-order valence-corrected chi connectivity index (χ2v) is 16.7. The highest BCUT2D eigenvalue weighted by molar-refractivity contribution is 6.40. The van der Waals surface area contributed by atoms with Gasteiger partial charge in [-0.15, -0.1) is 45.7 Å². The Morgan fingerprint density at radius 2 is 1.17 bits per heavy atom. The number of methoxy groups -OCH3 is 2. The van der Waals surface area contributed by atoms with Crippen molar-refractivity contribution in [2.75, 3.05) is 64.0 Å². The minimum absolute atomic E-state index is 0.0497. The van der Waals surface area contributed by atoms with Crippen LogP contribution in [0.1, 0.15) is 32.1 Å². The van der Waals surface area contributed by atoms with Crippen molar-refractivity contribution in [1.29, 1.82) is 0 Å². The number of morpholine rings is 1. The van der Waals surface area contributed by atoms with Crippen molar-refractivity contribution in [2.45, 2.75) is 26.4 Å². The van der Waals surface area contributed by atoms with E-state index in [-0.39, 0.29) is 67.1 Å². The molecule has 10 rings (SSSR count). The number of rotatable bonds is 7. The van der Waals surface area contributed by atoms with E-state index in [0.717, 1.165) is 32.6 Å². The van der Waals surface area contributed by atoms with Crippen LogP contribution in [0.2, 0.25) is 15.3 Å². The number of aromatic carboxylic acids is 1. The van der Waals surface area contributed by atoms with Crippen LogP contribution in [0, 0.1) is 13.8 Å². The number of nitrogens with one attached hydrogen (secondary N) is 1. The van der Waals surface area contributed by atoms with Crippen LogP contribution >= 0.6 is 58.0 Å². The summed E-state index contributed by atoms with van der Waals surface area (Å²) in [4.78, 5) is 43.6. The molecule has 0 saturated carbocycles. The van der Waals surface area contributed by atoms with Gasteiger partial charge in [-0.1, -0.05) is 33.5 Å². The first-order valence-corrected chi connectivity index (χ1v) is 23.4. The van der Waals surface area contributed by atoms with Crippen molar-refractivity contribution >= 4 is 81.5 Å². The molecule has 2 aromatic carbocycles. The number of carbonyl (C=O) groups is 2. The number of benzene rings is 2. The lowest BCUT2D eigenvalue weighted by Crippen LogP contribution is -2.32. The van der Waals surface area contributed by atoms with Crippen molar-refractivity contribution in [3.63, 3.8) is 0 Å². The van der Waals surface area contributed by atoms with Crippen molar-refractivity contribution in [2.24, 2.45) is 0 Å². The van der Waals surface area contributed by atoms with Crippen LogP contribution in [0.15, 0.2) is 82.5 Å². The largest absolute Gasteiger partial charge is 0.586 e. The summed E-state index contributed by atoms with van der Waals surface area (Å²) in [5, 5.41) is 18.7. The molecule has 76 heavy (non-hydrogen) atoms. The van der Waals surface area contributed by atoms with E-state index < -0.39 is 24.5 Å². The highest BCUT2D eigenvalue weighted by Gasteiger charge is 2.45. The first-order valence-electron chi connectivity index (χ1n) is 21.2. The summed E-state index contributed by atoms with van der Waals surface area (Å²) in [6, 6.07) is 12.0. The van der Waals surface area contributed by atoms with E-state index in [2.05, 4.69) is 76.0 Å². The lowest BCUT2D eigenvalue weighted by atomic mass is 10.1. The van der Waals surface area contributed by atoms with E-state index in [4.69, 9.17) is 87.6 Å². The van der Waals surface area contributed by atoms with Gasteiger partial charge in [0, 0.05) is 59.9 Å². The molecule has 5 aromatic heterocycles. The molecule has 406 valence electrons. The van der Waals surface area contributed by atoms with Crippen LogP contribution in [-0.2, 0) is 4.74 Å². The van der Waals surface area contributed by atoms with Gasteiger partial charge in [0.25, 0.3) is 5.91 Å². The lowest BCUT2D eigenvalue weighted by Gasteiger charge is -2.21. The smallest absolute Gasteiger partial charge is 0.478 e. The number of carbonyl (C=O) groups excluding carboxylic acids is 1. The molecule has 3 aliphatic heterocycles. The standard InChI is InChI=1S/C17H10ClF2N3O4.C12H7ClF2N2O2.C5H6ClN3O2.C5H5NO3.C5H11NO.CH2Cl2/c1-8-11(7-25-23-8)16(24)22-15-3-2-9(6-21-15)10-4-13-14(5-12(10)18)27-17(19,20)26-13;13-8-4-10-9(18-12(14,15)19-10)3-7(8)6-1-2-11(16)17-5-6;1-10-4-7-3(6)8-5(9-4)11-2;1-3-4(5(7)8)2-9-6-3;1-6-2-4-7-5-3-6;2-1-3/h2-7H,1H3,(H,21,22,24);1-5H,(H2,16,17);1-2H3;2H,1H3,(H,7,8);2-5H2,1H3;1H2. The number of likely N-dealkylation sites (N-methyl/N-ethyl adjacent to an activating group) is 1. The van der Waals surface area contributed by atoms with Crippen LogP contribution in [0.3, 0.4) is 0 Å². The summed E-state index contributed by atoms with van der Waals surface area (Å²) >= 11 is 27.2. The Labute approximate surface area is 453 Å². The fourth-order valence-electron chi connectivity index (χ4n) is 5.92. The predicted octanol–water partition coefficient (Wildman–Crippen LogP) is 10.2. The number of hydrogen-bond acceptors (Lipinski definition) is 20. The Kier molecular flexibility index (Phi) is 21.6. The second-order valence-electron chi connectivity index (χ2n) is 14.8. The van der Waals surface area contributed by atoms with E-state index >= 15 is 0 Å². The van der Waals surface area contributed by atoms with Gasteiger partial charge in [-0.25, -0.2) is 14.8 Å². The maximum absolute atomic E-state index is 13.2. The minimum Gasteiger partial charge on any atom is -0.478 e. The van der Waals surface area contributed by atoms with E-state index in [1.54, 1.807) is 38.1 Å². The Balaban J connectivity index is 0.000000188. The topological polar surface area (TPSA) is 277 Å². The van der Waals surface area contributed by atoms with E-state index in [1.165, 1.54) is 57.1 Å². The molecule has 7 aromatic rings. The van der Waals surface area contributed by atoms with Gasteiger partial charge < -0.3 is 63.3 Å². The zero-order valence-corrected chi connectivity index (χ0v) is 43.7. The lowest BCUT2D eigenvalue weighted by molar-refractivity contribution is -0.287. The first kappa shape index (κ1) is 59.7. The maximum Gasteiger partial charge on any atom is 0.586 e. The van der Waals surface area contributed by atoms with Crippen LogP contribution in [0.25, 0.3) is 22.3 Å². The van der Waals surface area contributed by atoms with E-state index in [1.807, 2.05) is 0 Å². The molecule has 0 radical (unpaired) electrons. The summed E-state index contributed by atoms with van der Waals surface area (Å²) < 4.78 is 93.3. The number of aryl methyl sites for hydroxylation is 2. The zero-order chi connectivity index (χ0) is 55.7. The number of halogens is 9. The van der Waals surface area contributed by atoms with Gasteiger partial charge in [0.2, 0.25) is 5.28 Å². The maximum atomic E-state index is 13.2. The number of carboxylic acids is 1. The molecule has 1 fully saturated rings. The molecular formula is C45H41Cl5F4N10O12. The molecule has 1 saturated heterocycles. The predicted molar refractivity (Wildman–Crippen MR) is 266 cm³/mol. The van der Waals surface area contributed by atoms with Gasteiger partial charge in [0.1, 0.15) is 35.3 Å². The van der Waals surface area contributed by atoms with Crippen molar-refractivity contribution in [3.05, 3.63) is 111 Å². The zero-order valence-electron chi connectivity index (χ0n) is 40.0. The van der Waals surface area contributed by atoms with Crippen molar-refractivity contribution in [3.8, 4) is 57.3 Å². The van der Waals surface area contributed by atoms with E-state index in [9.17, 15) is 27.2 Å². The SMILES string of the molecule is CN1CCOCC1.COc1nc(Cl)nc(OC)n1.Cc1nocc1C(=O)Nc1ccc(-c2cc3c(cc2Cl)OC(F)(F)O3)cn1.Cc1nocc1C(=O)O.ClCCl.Nc1ccc(-c2cc3c(cc2Cl)OC(F)(F)O3)cn1. The Morgan fingerprint density at radius 3 is 1.53 bits per heavy atom. The number of ether oxygens (including phenoxy) is 7. The molecule has 0 atom stereocenters. The highest BCUT2D eigenvalue weighted by Crippen LogP contribution is 2.47. The Hall–Kier alpha value is -7.20. The number of nitrogen functional groups attached to an aromatic ring is 1. The summed E-state index contributed by atoms with van der Waals surface area (Å²) in [7, 11) is 4.98. The first-order chi connectivity index (χ1) is 36.0. The third-order valence-corrected chi connectivity index (χ3v) is 10.3. The summed E-state index contributed by atoms with van der Waals surface area (Å²) in [5.74, 6) is -1.22. The molecule has 0 spiro atoms. The third-order valence-electron chi connectivity index (χ3n) is 9.54. The molecular weight excluding hydrogens is 1130 g/mol. The van der Waals surface area contributed by atoms with Gasteiger partial charge in [-0.2, -0.15) is 9.97 Å². The molecule has 31 heteroatoms. The van der Waals surface area contributed by atoms with Gasteiger partial charge in [0.15, 0.2) is 23.0 Å². The van der Waals surface area contributed by atoms with Crippen LogP contribution in [0.4, 0.5) is 29.2 Å². The number of aromatic nitrogens is 7. The molecule has 0 aliphatic carbocycles. The number of alkyl halides is 6. The Morgan fingerprint density at radius 1 is 0.724 bits per heavy atom. The quantitative estimate of drug-likeness (QED) is 0.0988. The number of pyridine rings is 2. The minimum atomic E-state index is -3.73. The molecule has 0 unspecified atom stereocenters. The van der Waals surface area contributed by atoms with Crippen molar-refractivity contribution < 1.29 is 74.5 Å². The van der Waals surface area contributed by atoms with Gasteiger partial charge in [-0.3, -0.25) is 4.79 Å². The van der Waals surface area contributed by atoms with E-state index in [0.29, 0.717) is 45.0 Å². The number of carboxylic acid groups (broad SMARTS) is 1. The van der Waals surface area contributed by atoms with Crippen LogP contribution < -0.4 is 39.5 Å². The van der Waals surface area contributed by atoms with Gasteiger partial charge in [0.05, 0.1) is 54.2 Å². The fraction of sp³-hybridized carbons (Fsp3) is 0.267. The second kappa shape index (κ2) is 27.5. The number of amides is 1. The van der Waals surface area contributed by atoms with Crippen molar-refractivity contribution in [1.82, 2.24) is 40.1 Å². The average molecular weight is 1170 g/mol. The Bertz CT molecular complexity index is 3030. The molecule has 3 aliphatic rings. The van der Waals surface area contributed by atoms with Crippen LogP contribution in [-0.4, -0.2) is 123 Å².